The molecule has 2 aromatic carbocycles. The van der Waals surface area contributed by atoms with Gasteiger partial charge in [-0.1, -0.05) is 43.6 Å². The SMILES string of the molecule is CC(C)C(C)NC(=O)c1ccc(NS(=O)(=O)c2ccccc2)cc1Cl. The second kappa shape index (κ2) is 7.89. The van der Waals surface area contributed by atoms with Gasteiger partial charge in [0.1, 0.15) is 0 Å². The molecule has 0 heterocycles. The van der Waals surface area contributed by atoms with Crippen LogP contribution < -0.4 is 10.0 Å². The molecule has 2 N–H and O–H groups in total. The number of carbonyl (C=O) groups excluding carboxylic acids is 1. The molecule has 0 radical (unpaired) electrons. The van der Waals surface area contributed by atoms with E-state index in [1.807, 2.05) is 20.8 Å². The van der Waals surface area contributed by atoms with Crippen molar-refractivity contribution in [2.45, 2.75) is 31.7 Å². The number of anilines is 1. The predicted octanol–water partition coefficient (Wildman–Crippen LogP) is 3.92. The summed E-state index contributed by atoms with van der Waals surface area (Å²) in [6.07, 6.45) is 0. The van der Waals surface area contributed by atoms with Gasteiger partial charge < -0.3 is 5.32 Å². The van der Waals surface area contributed by atoms with Crippen LogP contribution in [0.5, 0.6) is 0 Å². The first-order valence-electron chi connectivity index (χ1n) is 7.89. The highest BCUT2D eigenvalue weighted by Crippen LogP contribution is 2.23. The van der Waals surface area contributed by atoms with Crippen molar-refractivity contribution in [3.63, 3.8) is 0 Å². The third kappa shape index (κ3) is 4.96. The molecule has 25 heavy (non-hydrogen) atoms. The number of rotatable bonds is 6. The molecule has 7 heteroatoms. The Labute approximate surface area is 153 Å². The van der Waals surface area contributed by atoms with Gasteiger partial charge in [-0.3, -0.25) is 9.52 Å². The Bertz CT molecular complexity index is 852. The van der Waals surface area contributed by atoms with Crippen molar-refractivity contribution in [2.24, 2.45) is 5.92 Å². The van der Waals surface area contributed by atoms with Crippen LogP contribution in [0.15, 0.2) is 53.4 Å². The second-order valence-electron chi connectivity index (χ2n) is 6.12. The molecule has 134 valence electrons. The maximum atomic E-state index is 12.3. The van der Waals surface area contributed by atoms with E-state index in [1.54, 1.807) is 18.2 Å². The van der Waals surface area contributed by atoms with Gasteiger partial charge in [0, 0.05) is 6.04 Å². The van der Waals surface area contributed by atoms with Crippen molar-refractivity contribution in [1.29, 1.82) is 0 Å². The Kier molecular flexibility index (Phi) is 6.08. The normalized spacial score (nSPS) is 12.7. The first kappa shape index (κ1) is 19.3. The monoisotopic (exact) mass is 380 g/mol. The van der Waals surface area contributed by atoms with E-state index in [1.165, 1.54) is 30.3 Å². The Morgan fingerprint density at radius 3 is 2.24 bits per heavy atom. The van der Waals surface area contributed by atoms with Crippen LogP contribution in [0.2, 0.25) is 5.02 Å². The highest BCUT2D eigenvalue weighted by atomic mass is 35.5. The van der Waals surface area contributed by atoms with Crippen molar-refractivity contribution in [3.8, 4) is 0 Å². The van der Waals surface area contributed by atoms with Crippen LogP contribution in [-0.2, 0) is 10.0 Å². The molecule has 0 aliphatic rings. The highest BCUT2D eigenvalue weighted by molar-refractivity contribution is 7.92. The molecular formula is C18H21ClN2O3S. The maximum absolute atomic E-state index is 12.3. The van der Waals surface area contributed by atoms with Crippen LogP contribution in [0.3, 0.4) is 0 Å². The van der Waals surface area contributed by atoms with E-state index in [0.29, 0.717) is 17.2 Å². The zero-order chi connectivity index (χ0) is 18.6. The highest BCUT2D eigenvalue weighted by Gasteiger charge is 2.17. The lowest BCUT2D eigenvalue weighted by Crippen LogP contribution is -2.36. The van der Waals surface area contributed by atoms with E-state index in [4.69, 9.17) is 11.6 Å². The molecule has 0 spiro atoms. The van der Waals surface area contributed by atoms with E-state index in [0.717, 1.165) is 0 Å². The predicted molar refractivity (Wildman–Crippen MR) is 100 cm³/mol. The minimum atomic E-state index is -3.70. The van der Waals surface area contributed by atoms with Gasteiger partial charge in [0.2, 0.25) is 0 Å². The fraction of sp³-hybridized carbons (Fsp3) is 0.278. The number of sulfonamides is 1. The van der Waals surface area contributed by atoms with Gasteiger partial charge >= 0.3 is 0 Å². The Morgan fingerprint density at radius 1 is 1.04 bits per heavy atom. The van der Waals surface area contributed by atoms with Gasteiger partial charge in [0.25, 0.3) is 15.9 Å². The van der Waals surface area contributed by atoms with Crippen molar-refractivity contribution in [2.75, 3.05) is 4.72 Å². The van der Waals surface area contributed by atoms with Crippen molar-refractivity contribution >= 4 is 33.2 Å². The van der Waals surface area contributed by atoms with Gasteiger partial charge in [-0.05, 0) is 43.2 Å². The summed E-state index contributed by atoms with van der Waals surface area (Å²) >= 11 is 6.17. The van der Waals surface area contributed by atoms with Gasteiger partial charge in [0.05, 0.1) is 21.2 Å². The number of benzene rings is 2. The van der Waals surface area contributed by atoms with Crippen molar-refractivity contribution in [3.05, 3.63) is 59.1 Å². The summed E-state index contributed by atoms with van der Waals surface area (Å²) in [6, 6.07) is 12.5. The van der Waals surface area contributed by atoms with Crippen LogP contribution in [0.1, 0.15) is 31.1 Å². The topological polar surface area (TPSA) is 75.3 Å². The number of hydrogen-bond donors (Lipinski definition) is 2. The summed E-state index contributed by atoms with van der Waals surface area (Å²) in [7, 11) is -3.70. The van der Waals surface area contributed by atoms with Gasteiger partial charge in [0.15, 0.2) is 0 Å². The molecule has 0 aliphatic heterocycles. The Balaban J connectivity index is 2.18. The number of carbonyl (C=O) groups is 1. The minimum absolute atomic E-state index is 0.000161. The second-order valence-corrected chi connectivity index (χ2v) is 8.21. The van der Waals surface area contributed by atoms with Gasteiger partial charge in [-0.2, -0.15) is 0 Å². The summed E-state index contributed by atoms with van der Waals surface area (Å²) in [4.78, 5) is 12.4. The molecule has 0 saturated carbocycles. The fourth-order valence-electron chi connectivity index (χ4n) is 2.03. The van der Waals surface area contributed by atoms with E-state index in [-0.39, 0.29) is 21.9 Å². The number of amides is 1. The van der Waals surface area contributed by atoms with Crippen LogP contribution >= 0.6 is 11.6 Å². The summed E-state index contributed by atoms with van der Waals surface area (Å²) in [5.74, 6) is 0.00310. The van der Waals surface area contributed by atoms with Gasteiger partial charge in [-0.25, -0.2) is 8.42 Å². The molecule has 0 aliphatic carbocycles. The molecule has 0 aromatic heterocycles. The van der Waals surface area contributed by atoms with E-state index >= 15 is 0 Å². The lowest BCUT2D eigenvalue weighted by molar-refractivity contribution is 0.0930. The molecule has 0 bridgehead atoms. The summed E-state index contributed by atoms with van der Waals surface area (Å²) in [6.45, 7) is 5.93. The maximum Gasteiger partial charge on any atom is 0.261 e. The summed E-state index contributed by atoms with van der Waals surface area (Å²) < 4.78 is 27.1. The average molecular weight is 381 g/mol. The molecule has 0 saturated heterocycles. The van der Waals surface area contributed by atoms with Crippen molar-refractivity contribution < 1.29 is 13.2 Å². The lowest BCUT2D eigenvalue weighted by atomic mass is 10.1. The van der Waals surface area contributed by atoms with Crippen molar-refractivity contribution in [1.82, 2.24) is 5.32 Å². The number of halogens is 1. The third-order valence-electron chi connectivity index (χ3n) is 3.88. The number of hydrogen-bond acceptors (Lipinski definition) is 3. The first-order chi connectivity index (χ1) is 11.7. The van der Waals surface area contributed by atoms with E-state index in [2.05, 4.69) is 10.0 Å². The van der Waals surface area contributed by atoms with Crippen LogP contribution in [0, 0.1) is 5.92 Å². The average Bonchev–Trinajstić information content (AvgIpc) is 2.55. The molecule has 1 amide bonds. The molecule has 1 atom stereocenters. The zero-order valence-electron chi connectivity index (χ0n) is 14.3. The smallest absolute Gasteiger partial charge is 0.261 e. The fourth-order valence-corrected chi connectivity index (χ4v) is 3.36. The minimum Gasteiger partial charge on any atom is -0.349 e. The Hall–Kier alpha value is -2.05. The lowest BCUT2D eigenvalue weighted by Gasteiger charge is -2.18. The molecular weight excluding hydrogens is 360 g/mol. The standard InChI is InChI=1S/C18H21ClN2O3S/c1-12(2)13(3)20-18(22)16-10-9-14(11-17(16)19)21-25(23,24)15-7-5-4-6-8-15/h4-13,21H,1-3H3,(H,20,22). The zero-order valence-corrected chi connectivity index (χ0v) is 15.9. The molecule has 2 aromatic rings. The Morgan fingerprint density at radius 2 is 1.68 bits per heavy atom. The van der Waals surface area contributed by atoms with E-state index in [9.17, 15) is 13.2 Å². The van der Waals surface area contributed by atoms with Crippen LogP contribution in [0.4, 0.5) is 5.69 Å². The molecule has 2 rings (SSSR count). The molecule has 5 nitrogen and oxygen atoms in total. The quantitative estimate of drug-likeness (QED) is 0.797. The number of nitrogens with one attached hydrogen (secondary N) is 2. The first-order valence-corrected chi connectivity index (χ1v) is 9.75. The van der Waals surface area contributed by atoms with Crippen LogP contribution in [-0.4, -0.2) is 20.4 Å². The third-order valence-corrected chi connectivity index (χ3v) is 5.59. The van der Waals surface area contributed by atoms with E-state index < -0.39 is 10.0 Å². The molecule has 1 unspecified atom stereocenters. The summed E-state index contributed by atoms with van der Waals surface area (Å²) in [5.41, 5.74) is 0.596. The molecule has 0 fully saturated rings. The largest absolute Gasteiger partial charge is 0.349 e. The summed E-state index contributed by atoms with van der Waals surface area (Å²) in [5, 5.41) is 3.05. The van der Waals surface area contributed by atoms with Gasteiger partial charge in [-0.15, -0.1) is 0 Å². The van der Waals surface area contributed by atoms with Crippen LogP contribution in [0.25, 0.3) is 0 Å².